The summed E-state index contributed by atoms with van der Waals surface area (Å²) in [6, 6.07) is 0. The normalized spacial score (nSPS) is 12.7. The van der Waals surface area contributed by atoms with Crippen molar-refractivity contribution in [2.45, 2.75) is 0 Å². The maximum absolute atomic E-state index is 5.03. The molecule has 0 amide bonds. The predicted molar refractivity (Wildman–Crippen MR) is 23.7 cm³/mol. The standard InChI is InChI=1S/2ClH.2H2N.H2O.Pt/h2*1H;3*1H2;/q;;2*-1;;+4/p-2. The Morgan fingerprint density at radius 1 is 1.17 bits per heavy atom. The molecule has 0 aliphatic carbocycles. The molecular weight excluding hydrogens is 310 g/mol. The molecule has 0 aliphatic heterocycles. The van der Waals surface area contributed by atoms with E-state index in [-0.39, 0.29) is 5.48 Å². The van der Waals surface area contributed by atoms with Gasteiger partial charge in [0.25, 0.3) is 0 Å². The van der Waals surface area contributed by atoms with Gasteiger partial charge in [0.15, 0.2) is 0 Å². The van der Waals surface area contributed by atoms with E-state index >= 15 is 0 Å². The average Bonchev–Trinajstić information content (AvgIpc) is 0.722. The minimum absolute atomic E-state index is 0. The Kier molecular flexibility index (Phi) is 5.42. The monoisotopic (exact) mass is 315 g/mol. The Balaban J connectivity index is 0. The molecule has 46 valence electrons. The molecular formula is H6Cl2N2OPt. The van der Waals surface area contributed by atoms with Crippen molar-refractivity contribution in [3.8, 4) is 0 Å². The molecule has 0 aromatic carbocycles. The zero-order valence-electron chi connectivity index (χ0n) is 2.73. The second kappa shape index (κ2) is 3.19. The zero-order valence-corrected chi connectivity index (χ0v) is 6.51. The SMILES string of the molecule is O.[NH2][Pt]([NH2])([Cl])[Cl]. The van der Waals surface area contributed by atoms with Crippen molar-refractivity contribution >= 4 is 18.8 Å². The van der Waals surface area contributed by atoms with Crippen molar-refractivity contribution in [3.63, 3.8) is 0 Å². The Hall–Kier alpha value is 1.15. The van der Waals surface area contributed by atoms with E-state index in [0.717, 1.165) is 0 Å². The number of hydrogen-bond donors (Lipinski definition) is 2. The van der Waals surface area contributed by atoms with Gasteiger partial charge in [0.2, 0.25) is 0 Å². The number of nitrogens with two attached hydrogens (primary N) is 2. The molecule has 0 rings (SSSR count). The first-order valence-electron chi connectivity index (χ1n) is 0.604. The van der Waals surface area contributed by atoms with E-state index in [1.54, 1.807) is 0 Å². The quantitative estimate of drug-likeness (QED) is 0.624. The van der Waals surface area contributed by atoms with Gasteiger partial charge in [-0.1, -0.05) is 0 Å². The summed E-state index contributed by atoms with van der Waals surface area (Å²) in [7, 11) is 10.1. The summed E-state index contributed by atoms with van der Waals surface area (Å²) in [5, 5.41) is 0. The summed E-state index contributed by atoms with van der Waals surface area (Å²) in [5.74, 6) is 0. The van der Waals surface area contributed by atoms with Crippen LogP contribution in [0.5, 0.6) is 0 Å². The van der Waals surface area contributed by atoms with E-state index in [9.17, 15) is 0 Å². The number of rotatable bonds is 0. The van der Waals surface area contributed by atoms with Gasteiger partial charge < -0.3 is 5.48 Å². The molecule has 0 atom stereocenters. The molecule has 0 bridgehead atoms. The molecule has 0 unspecified atom stereocenters. The van der Waals surface area contributed by atoms with Gasteiger partial charge in [0.1, 0.15) is 0 Å². The predicted octanol–water partition coefficient (Wildman–Crippen LogP) is -0.629. The third kappa shape index (κ3) is 67.2. The fourth-order valence-corrected chi connectivity index (χ4v) is 0. The van der Waals surface area contributed by atoms with Crippen LogP contribution in [0.1, 0.15) is 0 Å². The van der Waals surface area contributed by atoms with Gasteiger partial charge in [0.05, 0.1) is 0 Å². The van der Waals surface area contributed by atoms with Crippen molar-refractivity contribution in [2.24, 2.45) is 8.58 Å². The van der Waals surface area contributed by atoms with Gasteiger partial charge >= 0.3 is 41.9 Å². The van der Waals surface area contributed by atoms with Crippen LogP contribution in [-0.4, -0.2) is 5.48 Å². The maximum atomic E-state index is 5.03. The van der Waals surface area contributed by atoms with Gasteiger partial charge in [0, 0.05) is 0 Å². The molecule has 0 aliphatic rings. The van der Waals surface area contributed by atoms with Crippen LogP contribution in [0.25, 0.3) is 0 Å². The third-order valence-corrected chi connectivity index (χ3v) is 0. The van der Waals surface area contributed by atoms with Crippen LogP contribution in [-0.2, 0) is 14.5 Å². The van der Waals surface area contributed by atoms with Crippen LogP contribution in [0.15, 0.2) is 0 Å². The molecule has 6 N–H and O–H groups in total. The van der Waals surface area contributed by atoms with Crippen LogP contribution in [0.4, 0.5) is 0 Å². The van der Waals surface area contributed by atoms with Gasteiger partial charge in [-0.05, 0) is 0 Å². The van der Waals surface area contributed by atoms with Crippen molar-refractivity contribution in [1.29, 1.82) is 0 Å². The molecule has 0 aromatic heterocycles. The van der Waals surface area contributed by atoms with Crippen molar-refractivity contribution in [2.75, 3.05) is 0 Å². The second-order valence-electron chi connectivity index (χ2n) is 0.427. The molecule has 0 saturated carbocycles. The molecule has 3 nitrogen and oxygen atoms in total. The summed E-state index contributed by atoms with van der Waals surface area (Å²) >= 11 is -3.00. The molecule has 0 radical (unpaired) electrons. The topological polar surface area (TPSA) is 83.5 Å². The second-order valence-corrected chi connectivity index (χ2v) is 11.0. The Bertz CT molecular complexity index is 27.0. The zero-order chi connectivity index (χ0) is 4.50. The van der Waals surface area contributed by atoms with Crippen LogP contribution in [0, 0.1) is 0 Å². The first-order valence-corrected chi connectivity index (χ1v) is 8.86. The average molecular weight is 316 g/mol. The summed E-state index contributed by atoms with van der Waals surface area (Å²) < 4.78 is 9.69. The molecule has 6 heteroatoms. The van der Waals surface area contributed by atoms with E-state index in [1.165, 1.54) is 0 Å². The molecule has 0 saturated heterocycles. The summed E-state index contributed by atoms with van der Waals surface area (Å²) in [5.41, 5.74) is 0. The third-order valence-electron chi connectivity index (χ3n) is 0. The molecule has 0 aromatic rings. The summed E-state index contributed by atoms with van der Waals surface area (Å²) in [6.07, 6.45) is 0. The van der Waals surface area contributed by atoms with Gasteiger partial charge in [-0.3, -0.25) is 0 Å². The van der Waals surface area contributed by atoms with E-state index < -0.39 is 14.5 Å². The molecule has 6 heavy (non-hydrogen) atoms. The molecule has 0 fully saturated rings. The summed E-state index contributed by atoms with van der Waals surface area (Å²) in [6.45, 7) is 0. The van der Waals surface area contributed by atoms with Crippen molar-refractivity contribution in [1.82, 2.24) is 0 Å². The number of halogens is 2. The number of hydrogen-bond acceptors (Lipinski definition) is 2. The summed E-state index contributed by atoms with van der Waals surface area (Å²) in [4.78, 5) is 0. The van der Waals surface area contributed by atoms with Gasteiger partial charge in [-0.2, -0.15) is 0 Å². The van der Waals surface area contributed by atoms with Crippen LogP contribution < -0.4 is 8.58 Å². The molecule has 0 spiro atoms. The minimum atomic E-state index is -3.00. The van der Waals surface area contributed by atoms with Crippen LogP contribution in [0.2, 0.25) is 0 Å². The molecule has 0 heterocycles. The van der Waals surface area contributed by atoms with E-state index in [2.05, 4.69) is 0 Å². The fourth-order valence-electron chi connectivity index (χ4n) is 0. The van der Waals surface area contributed by atoms with Gasteiger partial charge in [-0.15, -0.1) is 0 Å². The Labute approximate surface area is 47.5 Å². The first kappa shape index (κ1) is 10.2. The van der Waals surface area contributed by atoms with Crippen molar-refractivity contribution < 1.29 is 20.0 Å². The Morgan fingerprint density at radius 3 is 1.17 bits per heavy atom. The Morgan fingerprint density at radius 2 is 1.17 bits per heavy atom. The van der Waals surface area contributed by atoms with E-state index in [4.69, 9.17) is 27.4 Å². The fraction of sp³-hybridized carbons (Fsp3) is 0. The van der Waals surface area contributed by atoms with Crippen LogP contribution in [0.3, 0.4) is 0 Å². The van der Waals surface area contributed by atoms with Crippen molar-refractivity contribution in [3.05, 3.63) is 0 Å². The van der Waals surface area contributed by atoms with Gasteiger partial charge in [-0.25, -0.2) is 0 Å². The van der Waals surface area contributed by atoms with E-state index in [1.807, 2.05) is 0 Å². The van der Waals surface area contributed by atoms with E-state index in [0.29, 0.717) is 0 Å². The first-order chi connectivity index (χ1) is 2.00. The van der Waals surface area contributed by atoms with Crippen LogP contribution >= 0.6 is 18.8 Å².